The van der Waals surface area contributed by atoms with E-state index in [-0.39, 0.29) is 12.5 Å². The van der Waals surface area contributed by atoms with Crippen LogP contribution in [0, 0.1) is 0 Å². The van der Waals surface area contributed by atoms with Gasteiger partial charge in [0.15, 0.2) is 0 Å². The van der Waals surface area contributed by atoms with Gasteiger partial charge in [-0.3, -0.25) is 4.79 Å². The van der Waals surface area contributed by atoms with Crippen LogP contribution < -0.4 is 20.3 Å². The van der Waals surface area contributed by atoms with E-state index in [2.05, 4.69) is 51.9 Å². The van der Waals surface area contributed by atoms with Gasteiger partial charge in [0.2, 0.25) is 5.91 Å². The van der Waals surface area contributed by atoms with Gasteiger partial charge in [-0.2, -0.15) is 0 Å². The minimum absolute atomic E-state index is 0.0237. The summed E-state index contributed by atoms with van der Waals surface area (Å²) >= 11 is 0. The largest absolute Gasteiger partial charge is 0.490 e. The summed E-state index contributed by atoms with van der Waals surface area (Å²) in [5.74, 6) is 0.947. The lowest BCUT2D eigenvalue weighted by atomic mass is 10.1. The molecule has 1 aliphatic heterocycles. The zero-order chi connectivity index (χ0) is 23.8. The van der Waals surface area contributed by atoms with Gasteiger partial charge < -0.3 is 25.4 Å². The molecule has 3 N–H and O–H groups in total. The molecule has 0 atom stereocenters. The molecule has 4 rings (SSSR count). The van der Waals surface area contributed by atoms with Crippen LogP contribution in [0.5, 0.6) is 5.75 Å². The first-order valence-electron chi connectivity index (χ1n) is 11.9. The van der Waals surface area contributed by atoms with Crippen LogP contribution in [0.3, 0.4) is 0 Å². The second kappa shape index (κ2) is 14.6. The Morgan fingerprint density at radius 3 is 2.32 bits per heavy atom. The molecule has 0 fully saturated rings. The average molecular weight is 462 g/mol. The second-order valence-corrected chi connectivity index (χ2v) is 8.01. The highest BCUT2D eigenvalue weighted by molar-refractivity contribution is 5.76. The predicted molar refractivity (Wildman–Crippen MR) is 139 cm³/mol. The van der Waals surface area contributed by atoms with Crippen LogP contribution in [-0.2, 0) is 11.2 Å². The highest BCUT2D eigenvalue weighted by atomic mass is 16.5. The molecule has 1 aliphatic rings. The molecule has 1 amide bonds. The van der Waals surface area contributed by atoms with Gasteiger partial charge in [0.05, 0.1) is 18.8 Å². The minimum Gasteiger partial charge on any atom is -0.490 e. The first-order valence-corrected chi connectivity index (χ1v) is 11.9. The molecule has 0 spiro atoms. The fraction of sp³-hybridized carbons (Fsp3) is 0.321. The number of fused-ring (bicyclic) bond motifs is 1. The number of carbonyl (C=O) groups is 1. The SMILES string of the molecule is O=C(CCc1ccc(NCCCN2CCOc3ccccc32)cc1)NCCO.c1ccccc1. The van der Waals surface area contributed by atoms with E-state index >= 15 is 0 Å². The van der Waals surface area contributed by atoms with Crippen LogP contribution in [0.2, 0.25) is 0 Å². The zero-order valence-electron chi connectivity index (χ0n) is 19.7. The molecule has 1 heterocycles. The molecular formula is C28H35N3O3. The smallest absolute Gasteiger partial charge is 0.220 e. The van der Waals surface area contributed by atoms with Crippen molar-refractivity contribution in [3.63, 3.8) is 0 Å². The summed E-state index contributed by atoms with van der Waals surface area (Å²) in [7, 11) is 0. The van der Waals surface area contributed by atoms with Gasteiger partial charge in [0.25, 0.3) is 0 Å². The van der Waals surface area contributed by atoms with Crippen LogP contribution in [0.25, 0.3) is 0 Å². The summed E-state index contributed by atoms with van der Waals surface area (Å²) in [6, 6.07) is 28.4. The van der Waals surface area contributed by atoms with Crippen LogP contribution in [0.4, 0.5) is 11.4 Å². The summed E-state index contributed by atoms with van der Waals surface area (Å²) in [6.45, 7) is 3.86. The third-order valence-electron chi connectivity index (χ3n) is 5.45. The summed E-state index contributed by atoms with van der Waals surface area (Å²) in [5, 5.41) is 14.8. The molecule has 0 bridgehead atoms. The lowest BCUT2D eigenvalue weighted by Crippen LogP contribution is -2.34. The molecule has 0 aromatic heterocycles. The Morgan fingerprint density at radius 1 is 0.912 bits per heavy atom. The number of para-hydroxylation sites is 2. The van der Waals surface area contributed by atoms with Crippen LogP contribution >= 0.6 is 0 Å². The van der Waals surface area contributed by atoms with E-state index in [9.17, 15) is 4.79 Å². The van der Waals surface area contributed by atoms with E-state index in [1.807, 2.05) is 48.5 Å². The third-order valence-corrected chi connectivity index (χ3v) is 5.45. The maximum absolute atomic E-state index is 11.6. The Bertz CT molecular complexity index is 937. The molecule has 0 saturated heterocycles. The van der Waals surface area contributed by atoms with E-state index in [4.69, 9.17) is 9.84 Å². The molecule has 0 radical (unpaired) electrons. The van der Waals surface area contributed by atoms with Gasteiger partial charge in [-0.05, 0) is 42.7 Å². The Balaban J connectivity index is 0.000000469. The molecule has 3 aromatic rings. The standard InChI is InChI=1S/C22H29N3O3.C6H6/c26-16-13-24-22(27)11-8-18-6-9-19(10-7-18)23-12-3-14-25-15-17-28-21-5-2-1-4-20(21)25;1-2-4-6-5-3-1/h1-2,4-7,9-10,23,26H,3,8,11-17H2,(H,24,27);1-6H. The van der Waals surface area contributed by atoms with Gasteiger partial charge in [-0.1, -0.05) is 60.7 Å². The molecule has 6 heteroatoms. The van der Waals surface area contributed by atoms with E-state index in [0.717, 1.165) is 49.7 Å². The second-order valence-electron chi connectivity index (χ2n) is 8.01. The maximum Gasteiger partial charge on any atom is 0.220 e. The van der Waals surface area contributed by atoms with E-state index < -0.39 is 0 Å². The molecular weight excluding hydrogens is 426 g/mol. The number of amides is 1. The number of aryl methyl sites for hydroxylation is 1. The number of benzene rings is 3. The Kier molecular flexibility index (Phi) is 10.8. The minimum atomic E-state index is -0.0269. The third kappa shape index (κ3) is 8.79. The Hall–Kier alpha value is -3.51. The maximum atomic E-state index is 11.6. The molecule has 0 saturated carbocycles. The lowest BCUT2D eigenvalue weighted by molar-refractivity contribution is -0.121. The molecule has 34 heavy (non-hydrogen) atoms. The van der Waals surface area contributed by atoms with Crippen molar-refractivity contribution in [1.29, 1.82) is 0 Å². The number of anilines is 2. The van der Waals surface area contributed by atoms with E-state index in [1.165, 1.54) is 5.69 Å². The van der Waals surface area contributed by atoms with Crippen LogP contribution in [0.15, 0.2) is 84.9 Å². The summed E-state index contributed by atoms with van der Waals surface area (Å²) in [4.78, 5) is 14.0. The fourth-order valence-corrected chi connectivity index (χ4v) is 3.68. The van der Waals surface area contributed by atoms with Crippen LogP contribution in [-0.4, -0.2) is 50.4 Å². The number of aliphatic hydroxyl groups is 1. The highest BCUT2D eigenvalue weighted by Gasteiger charge is 2.16. The number of hydrogen-bond acceptors (Lipinski definition) is 5. The Morgan fingerprint density at radius 2 is 1.62 bits per heavy atom. The quantitative estimate of drug-likeness (QED) is 0.396. The summed E-state index contributed by atoms with van der Waals surface area (Å²) < 4.78 is 5.70. The number of ether oxygens (including phenoxy) is 1. The molecule has 6 nitrogen and oxygen atoms in total. The summed E-state index contributed by atoms with van der Waals surface area (Å²) in [5.41, 5.74) is 3.41. The molecule has 3 aromatic carbocycles. The van der Waals surface area contributed by atoms with Gasteiger partial charge in [-0.25, -0.2) is 0 Å². The van der Waals surface area contributed by atoms with Gasteiger partial charge in [0.1, 0.15) is 12.4 Å². The van der Waals surface area contributed by atoms with E-state index in [1.54, 1.807) is 0 Å². The fourth-order valence-electron chi connectivity index (χ4n) is 3.68. The lowest BCUT2D eigenvalue weighted by Gasteiger charge is -2.31. The number of aliphatic hydroxyl groups excluding tert-OH is 1. The molecule has 0 unspecified atom stereocenters. The van der Waals surface area contributed by atoms with Crippen LogP contribution in [0.1, 0.15) is 18.4 Å². The zero-order valence-corrected chi connectivity index (χ0v) is 19.7. The number of carbonyl (C=O) groups excluding carboxylic acids is 1. The van der Waals surface area contributed by atoms with Crippen molar-refractivity contribution in [2.75, 3.05) is 49.6 Å². The van der Waals surface area contributed by atoms with Gasteiger partial charge >= 0.3 is 0 Å². The van der Waals surface area contributed by atoms with Crippen molar-refractivity contribution in [2.24, 2.45) is 0 Å². The molecule has 180 valence electrons. The van der Waals surface area contributed by atoms with Crippen molar-refractivity contribution in [1.82, 2.24) is 5.32 Å². The molecule has 0 aliphatic carbocycles. The Labute approximate surface area is 202 Å². The van der Waals surface area contributed by atoms with Crippen molar-refractivity contribution >= 4 is 17.3 Å². The average Bonchev–Trinajstić information content (AvgIpc) is 2.91. The summed E-state index contributed by atoms with van der Waals surface area (Å²) in [6.07, 6.45) is 2.18. The number of rotatable bonds is 10. The van der Waals surface area contributed by atoms with Crippen molar-refractivity contribution in [2.45, 2.75) is 19.3 Å². The first kappa shape index (κ1) is 25.1. The number of nitrogens with zero attached hydrogens (tertiary/aromatic N) is 1. The topological polar surface area (TPSA) is 73.8 Å². The number of hydrogen-bond donors (Lipinski definition) is 3. The monoisotopic (exact) mass is 461 g/mol. The van der Waals surface area contributed by atoms with E-state index in [0.29, 0.717) is 19.4 Å². The normalized spacial score (nSPS) is 12.0. The van der Waals surface area contributed by atoms with Crippen molar-refractivity contribution in [3.05, 3.63) is 90.5 Å². The van der Waals surface area contributed by atoms with Crippen molar-refractivity contribution in [3.8, 4) is 5.75 Å². The van der Waals surface area contributed by atoms with Gasteiger partial charge in [0, 0.05) is 31.7 Å². The van der Waals surface area contributed by atoms with Gasteiger partial charge in [-0.15, -0.1) is 0 Å². The first-order chi connectivity index (χ1) is 16.8. The number of nitrogens with one attached hydrogen (secondary N) is 2. The van der Waals surface area contributed by atoms with Crippen molar-refractivity contribution < 1.29 is 14.6 Å². The highest BCUT2D eigenvalue weighted by Crippen LogP contribution is 2.30. The predicted octanol–water partition coefficient (Wildman–Crippen LogP) is 4.12.